The molecule has 4 heteroatoms. The van der Waals surface area contributed by atoms with Gasteiger partial charge >= 0.3 is 0 Å². The molecule has 1 amide bonds. The number of Topliss-reactive ketones (excluding diaryl/α,β-unsaturated/α-hetero) is 1. The molecule has 1 rings (SSSR count). The number of rotatable bonds is 8. The van der Waals surface area contributed by atoms with Crippen LogP contribution in [0.3, 0.4) is 0 Å². The topological polar surface area (TPSA) is 46.2 Å². The Hall–Kier alpha value is -1.29. The number of thiol groups is 1. The number of hydrogen-bond acceptors (Lipinski definition) is 3. The quantitative estimate of drug-likeness (QED) is 0.434. The SMILES string of the molecule is CCCCCCC(S)(C(C)=O)C(=O)Nc1ccccc1. The fraction of sp³-hybridized carbons (Fsp3) is 0.500. The molecule has 0 bridgehead atoms. The molecule has 0 heterocycles. The highest BCUT2D eigenvalue weighted by Gasteiger charge is 2.38. The van der Waals surface area contributed by atoms with Crippen LogP contribution in [0.5, 0.6) is 0 Å². The van der Waals surface area contributed by atoms with Crippen molar-refractivity contribution in [3.8, 4) is 0 Å². The van der Waals surface area contributed by atoms with E-state index in [0.717, 1.165) is 25.7 Å². The third kappa shape index (κ3) is 4.67. The summed E-state index contributed by atoms with van der Waals surface area (Å²) in [5.41, 5.74) is 0.686. The number of amides is 1. The Morgan fingerprint density at radius 2 is 1.80 bits per heavy atom. The first-order chi connectivity index (χ1) is 9.50. The molecule has 0 radical (unpaired) electrons. The molecule has 3 nitrogen and oxygen atoms in total. The first kappa shape index (κ1) is 16.8. The fourth-order valence-corrected chi connectivity index (χ4v) is 2.23. The van der Waals surface area contributed by atoms with Crippen LogP contribution in [-0.2, 0) is 9.59 Å². The average molecular weight is 293 g/mol. The zero-order valence-corrected chi connectivity index (χ0v) is 13.1. The highest BCUT2D eigenvalue weighted by Crippen LogP contribution is 2.26. The molecule has 0 saturated heterocycles. The summed E-state index contributed by atoms with van der Waals surface area (Å²) in [5.74, 6) is -0.540. The number of benzene rings is 1. The van der Waals surface area contributed by atoms with Crippen LogP contribution >= 0.6 is 12.6 Å². The molecule has 1 N–H and O–H groups in total. The van der Waals surface area contributed by atoms with Gasteiger partial charge in [0.25, 0.3) is 0 Å². The lowest BCUT2D eigenvalue weighted by molar-refractivity contribution is -0.127. The summed E-state index contributed by atoms with van der Waals surface area (Å²) in [4.78, 5) is 24.2. The predicted octanol–water partition coefficient (Wildman–Crippen LogP) is 3.85. The Labute approximate surface area is 126 Å². The lowest BCUT2D eigenvalue weighted by Crippen LogP contribution is -2.44. The fourth-order valence-electron chi connectivity index (χ4n) is 2.01. The van der Waals surface area contributed by atoms with E-state index in [0.29, 0.717) is 12.1 Å². The molecular formula is C16H23NO2S. The zero-order chi connectivity index (χ0) is 15.0. The van der Waals surface area contributed by atoms with Crippen molar-refractivity contribution in [2.75, 3.05) is 5.32 Å². The maximum atomic E-state index is 12.3. The summed E-state index contributed by atoms with van der Waals surface area (Å²) >= 11 is 4.38. The second kappa shape index (κ2) is 8.10. The van der Waals surface area contributed by atoms with Crippen LogP contribution in [0.15, 0.2) is 30.3 Å². The Balaban J connectivity index is 2.68. The van der Waals surface area contributed by atoms with Crippen molar-refractivity contribution in [2.24, 2.45) is 0 Å². The minimum absolute atomic E-state index is 0.203. The first-order valence-corrected chi connectivity index (χ1v) is 7.55. The van der Waals surface area contributed by atoms with Gasteiger partial charge in [-0.2, -0.15) is 12.6 Å². The van der Waals surface area contributed by atoms with Crippen LogP contribution in [0.4, 0.5) is 5.69 Å². The summed E-state index contributed by atoms with van der Waals surface area (Å²) in [6.07, 6.45) is 4.56. The Bertz CT molecular complexity index is 447. The smallest absolute Gasteiger partial charge is 0.247 e. The van der Waals surface area contributed by atoms with E-state index in [9.17, 15) is 9.59 Å². The highest BCUT2D eigenvalue weighted by molar-refractivity contribution is 7.83. The molecule has 1 atom stereocenters. The summed E-state index contributed by atoms with van der Waals surface area (Å²) in [6.45, 7) is 3.55. The number of para-hydroxylation sites is 1. The van der Waals surface area contributed by atoms with E-state index < -0.39 is 4.75 Å². The Morgan fingerprint density at radius 3 is 2.35 bits per heavy atom. The molecule has 0 aliphatic rings. The zero-order valence-electron chi connectivity index (χ0n) is 12.2. The normalized spacial score (nSPS) is 13.6. The van der Waals surface area contributed by atoms with E-state index in [1.54, 1.807) is 12.1 Å². The van der Waals surface area contributed by atoms with E-state index in [1.807, 2.05) is 18.2 Å². The monoisotopic (exact) mass is 293 g/mol. The van der Waals surface area contributed by atoms with Gasteiger partial charge in [0.15, 0.2) is 5.78 Å². The number of hydrogen-bond donors (Lipinski definition) is 2. The number of nitrogens with one attached hydrogen (secondary N) is 1. The van der Waals surface area contributed by atoms with E-state index in [1.165, 1.54) is 6.92 Å². The van der Waals surface area contributed by atoms with Crippen LogP contribution in [0.2, 0.25) is 0 Å². The standard InChI is InChI=1S/C16H23NO2S/c1-3-4-5-9-12-16(20,13(2)18)15(19)17-14-10-7-6-8-11-14/h6-8,10-11,20H,3-5,9,12H2,1-2H3,(H,17,19). The van der Waals surface area contributed by atoms with Gasteiger partial charge in [0, 0.05) is 5.69 Å². The third-order valence-electron chi connectivity index (χ3n) is 3.38. The van der Waals surface area contributed by atoms with Crippen molar-refractivity contribution in [2.45, 2.75) is 50.7 Å². The van der Waals surface area contributed by atoms with Gasteiger partial charge in [-0.1, -0.05) is 50.8 Å². The van der Waals surface area contributed by atoms with Gasteiger partial charge in [-0.3, -0.25) is 9.59 Å². The van der Waals surface area contributed by atoms with Crippen molar-refractivity contribution >= 4 is 30.0 Å². The van der Waals surface area contributed by atoms with Gasteiger partial charge in [-0.05, 0) is 25.5 Å². The number of ketones is 1. The lowest BCUT2D eigenvalue weighted by Gasteiger charge is -2.24. The van der Waals surface area contributed by atoms with Crippen LogP contribution in [0.25, 0.3) is 0 Å². The number of anilines is 1. The summed E-state index contributed by atoms with van der Waals surface area (Å²) in [7, 11) is 0. The van der Waals surface area contributed by atoms with Gasteiger partial charge in [-0.25, -0.2) is 0 Å². The van der Waals surface area contributed by atoms with Crippen molar-refractivity contribution in [3.05, 3.63) is 30.3 Å². The number of carbonyl (C=O) groups excluding carboxylic acids is 2. The van der Waals surface area contributed by atoms with Crippen LogP contribution in [-0.4, -0.2) is 16.4 Å². The van der Waals surface area contributed by atoms with Crippen molar-refractivity contribution in [1.29, 1.82) is 0 Å². The number of carbonyl (C=O) groups is 2. The first-order valence-electron chi connectivity index (χ1n) is 7.10. The van der Waals surface area contributed by atoms with Gasteiger partial charge in [-0.15, -0.1) is 0 Å². The average Bonchev–Trinajstić information content (AvgIpc) is 2.44. The Kier molecular flexibility index (Phi) is 6.79. The number of unbranched alkanes of at least 4 members (excludes halogenated alkanes) is 3. The molecule has 0 aromatic heterocycles. The molecule has 1 aromatic carbocycles. The molecule has 1 unspecified atom stereocenters. The summed E-state index contributed by atoms with van der Waals surface area (Å²) in [6, 6.07) is 9.14. The van der Waals surface area contributed by atoms with Gasteiger partial charge in [0.2, 0.25) is 5.91 Å². The van der Waals surface area contributed by atoms with Gasteiger partial charge in [0.05, 0.1) is 0 Å². The van der Waals surface area contributed by atoms with Crippen molar-refractivity contribution < 1.29 is 9.59 Å². The molecule has 0 fully saturated rings. The molecule has 0 spiro atoms. The highest BCUT2D eigenvalue weighted by atomic mass is 32.1. The molecule has 0 aliphatic carbocycles. The molecule has 110 valence electrons. The van der Waals surface area contributed by atoms with Crippen molar-refractivity contribution in [1.82, 2.24) is 0 Å². The van der Waals surface area contributed by atoms with Crippen LogP contribution in [0, 0.1) is 0 Å². The van der Waals surface area contributed by atoms with E-state index in [2.05, 4.69) is 24.9 Å². The van der Waals surface area contributed by atoms with Crippen LogP contribution < -0.4 is 5.32 Å². The van der Waals surface area contributed by atoms with Crippen molar-refractivity contribution in [3.63, 3.8) is 0 Å². The van der Waals surface area contributed by atoms with E-state index in [-0.39, 0.29) is 11.7 Å². The van der Waals surface area contributed by atoms with Gasteiger partial charge < -0.3 is 5.32 Å². The predicted molar refractivity (Wildman–Crippen MR) is 86.2 cm³/mol. The van der Waals surface area contributed by atoms with Gasteiger partial charge in [0.1, 0.15) is 4.75 Å². The molecule has 0 saturated carbocycles. The van der Waals surface area contributed by atoms with Crippen LogP contribution in [0.1, 0.15) is 46.0 Å². The largest absolute Gasteiger partial charge is 0.324 e. The lowest BCUT2D eigenvalue weighted by atomic mass is 9.95. The molecule has 0 aliphatic heterocycles. The summed E-state index contributed by atoms with van der Waals surface area (Å²) < 4.78 is -1.23. The Morgan fingerprint density at radius 1 is 1.15 bits per heavy atom. The second-order valence-corrected chi connectivity index (χ2v) is 5.81. The third-order valence-corrected chi connectivity index (χ3v) is 4.12. The summed E-state index contributed by atoms with van der Waals surface area (Å²) in [5, 5.41) is 2.77. The van der Waals surface area contributed by atoms with E-state index >= 15 is 0 Å². The maximum absolute atomic E-state index is 12.3. The second-order valence-electron chi connectivity index (χ2n) is 5.05. The molecular weight excluding hydrogens is 270 g/mol. The minimum atomic E-state index is -1.23. The van der Waals surface area contributed by atoms with E-state index in [4.69, 9.17) is 0 Å². The minimum Gasteiger partial charge on any atom is -0.324 e. The maximum Gasteiger partial charge on any atom is 0.247 e. The molecule has 1 aromatic rings. The molecule has 20 heavy (non-hydrogen) atoms.